The van der Waals surface area contributed by atoms with Crippen molar-refractivity contribution in [1.82, 2.24) is 0 Å². The monoisotopic (exact) mass is 341 g/mol. The summed E-state index contributed by atoms with van der Waals surface area (Å²) < 4.78 is 44.6. The molecular weight excluding hydrogens is 331 g/mol. The van der Waals surface area contributed by atoms with E-state index in [2.05, 4.69) is 9.47 Å². The zero-order valence-corrected chi connectivity index (χ0v) is 12.2. The molecule has 0 amide bonds. The lowest BCUT2D eigenvalue weighted by atomic mass is 10.0. The summed E-state index contributed by atoms with van der Waals surface area (Å²) in [4.78, 5) is 21.9. The lowest BCUT2D eigenvalue weighted by Crippen LogP contribution is -2.16. The molecule has 0 N–H and O–H groups in total. The molecule has 0 radical (unpaired) electrons. The van der Waals surface area contributed by atoms with Crippen LogP contribution in [0.2, 0.25) is 0 Å². The Morgan fingerprint density at radius 1 is 1.08 bits per heavy atom. The standard InChI is InChI=1S/C15H10F3NO5/c1-23-14(20)12-8-10(4-7-13(12)19(21)22)9-2-5-11(6-3-9)24-15(16,17)18/h2-8H,1H3. The van der Waals surface area contributed by atoms with Crippen LogP contribution in [0.15, 0.2) is 42.5 Å². The van der Waals surface area contributed by atoms with Gasteiger partial charge in [0, 0.05) is 6.07 Å². The van der Waals surface area contributed by atoms with E-state index in [1.165, 1.54) is 24.3 Å². The van der Waals surface area contributed by atoms with E-state index in [4.69, 9.17) is 0 Å². The van der Waals surface area contributed by atoms with Crippen LogP contribution in [0.5, 0.6) is 5.75 Å². The molecule has 0 saturated heterocycles. The van der Waals surface area contributed by atoms with Crippen molar-refractivity contribution >= 4 is 11.7 Å². The minimum absolute atomic E-state index is 0.254. The molecule has 2 aromatic carbocycles. The van der Waals surface area contributed by atoms with Gasteiger partial charge in [-0.3, -0.25) is 10.1 Å². The molecule has 9 heteroatoms. The molecule has 2 aromatic rings. The lowest BCUT2D eigenvalue weighted by Gasteiger charge is -2.10. The highest BCUT2D eigenvalue weighted by Gasteiger charge is 2.31. The maximum Gasteiger partial charge on any atom is 0.573 e. The fourth-order valence-electron chi connectivity index (χ4n) is 2.00. The van der Waals surface area contributed by atoms with Crippen LogP contribution in [0.1, 0.15) is 10.4 Å². The van der Waals surface area contributed by atoms with Crippen LogP contribution in [0.3, 0.4) is 0 Å². The minimum Gasteiger partial charge on any atom is -0.465 e. The summed E-state index contributed by atoms with van der Waals surface area (Å²) in [5.41, 5.74) is 0.169. The Kier molecular flexibility index (Phi) is 4.72. The Balaban J connectivity index is 2.38. The van der Waals surface area contributed by atoms with Crippen molar-refractivity contribution in [1.29, 1.82) is 0 Å². The fourth-order valence-corrected chi connectivity index (χ4v) is 2.00. The number of rotatable bonds is 4. The number of alkyl halides is 3. The lowest BCUT2D eigenvalue weighted by molar-refractivity contribution is -0.385. The van der Waals surface area contributed by atoms with Gasteiger partial charge >= 0.3 is 12.3 Å². The molecule has 0 spiro atoms. The van der Waals surface area contributed by atoms with Gasteiger partial charge < -0.3 is 9.47 Å². The number of ether oxygens (including phenoxy) is 2. The number of benzene rings is 2. The Labute approximate surface area is 133 Å². The van der Waals surface area contributed by atoms with Crippen LogP contribution in [0.4, 0.5) is 18.9 Å². The molecule has 0 atom stereocenters. The average Bonchev–Trinajstić information content (AvgIpc) is 2.52. The average molecular weight is 341 g/mol. The largest absolute Gasteiger partial charge is 0.573 e. The molecule has 6 nitrogen and oxygen atoms in total. The van der Waals surface area contributed by atoms with Gasteiger partial charge in [-0.2, -0.15) is 0 Å². The van der Waals surface area contributed by atoms with E-state index in [1.54, 1.807) is 0 Å². The molecule has 0 bridgehead atoms. The Morgan fingerprint density at radius 2 is 1.67 bits per heavy atom. The second kappa shape index (κ2) is 6.57. The van der Waals surface area contributed by atoms with Gasteiger partial charge in [-0.25, -0.2) is 4.79 Å². The summed E-state index contributed by atoms with van der Waals surface area (Å²) in [6, 6.07) is 8.62. The number of esters is 1. The number of halogens is 3. The van der Waals surface area contributed by atoms with E-state index in [-0.39, 0.29) is 5.56 Å². The minimum atomic E-state index is -4.80. The normalized spacial score (nSPS) is 11.0. The first-order chi connectivity index (χ1) is 11.2. The number of carbonyl (C=O) groups is 1. The molecule has 2 rings (SSSR count). The molecule has 0 unspecified atom stereocenters. The Bertz CT molecular complexity index is 772. The third-order valence-corrected chi connectivity index (χ3v) is 3.02. The number of nitrogens with zero attached hydrogens (tertiary/aromatic N) is 1. The molecule has 0 aliphatic heterocycles. The predicted molar refractivity (Wildman–Crippen MR) is 76.6 cm³/mol. The van der Waals surface area contributed by atoms with Crippen LogP contribution in [0, 0.1) is 10.1 Å². The molecule has 126 valence electrons. The van der Waals surface area contributed by atoms with E-state index in [9.17, 15) is 28.1 Å². The first-order valence-corrected chi connectivity index (χ1v) is 6.44. The van der Waals surface area contributed by atoms with Gasteiger partial charge in [0.05, 0.1) is 12.0 Å². The molecule has 0 fully saturated rings. The van der Waals surface area contributed by atoms with Crippen molar-refractivity contribution in [3.05, 3.63) is 58.1 Å². The topological polar surface area (TPSA) is 78.7 Å². The molecule has 0 aliphatic carbocycles. The summed E-state index contributed by atoms with van der Waals surface area (Å²) in [5, 5.41) is 10.9. The Hall–Kier alpha value is -3.10. The SMILES string of the molecule is COC(=O)c1cc(-c2ccc(OC(F)(F)F)cc2)ccc1[N+](=O)[O-]. The third kappa shape index (κ3) is 4.00. The van der Waals surface area contributed by atoms with Crippen LogP contribution < -0.4 is 4.74 Å². The van der Waals surface area contributed by atoms with Gasteiger partial charge in [-0.05, 0) is 35.4 Å². The molecule has 0 aliphatic rings. The molecule has 0 saturated carbocycles. The summed E-state index contributed by atoms with van der Waals surface area (Å²) in [6.45, 7) is 0. The maximum absolute atomic E-state index is 12.1. The van der Waals surface area contributed by atoms with Gasteiger partial charge in [0.15, 0.2) is 0 Å². The van der Waals surface area contributed by atoms with Crippen molar-refractivity contribution < 1.29 is 32.4 Å². The van der Waals surface area contributed by atoms with Gasteiger partial charge in [-0.15, -0.1) is 13.2 Å². The fraction of sp³-hybridized carbons (Fsp3) is 0.133. The number of nitro groups is 1. The van der Waals surface area contributed by atoms with Crippen LogP contribution in [-0.4, -0.2) is 24.4 Å². The second-order valence-electron chi connectivity index (χ2n) is 4.55. The first-order valence-electron chi connectivity index (χ1n) is 6.44. The van der Waals surface area contributed by atoms with E-state index in [0.717, 1.165) is 25.3 Å². The quantitative estimate of drug-likeness (QED) is 0.478. The number of carbonyl (C=O) groups excluding carboxylic acids is 1. The van der Waals surface area contributed by atoms with Crippen molar-refractivity contribution in [2.24, 2.45) is 0 Å². The van der Waals surface area contributed by atoms with Crippen LogP contribution >= 0.6 is 0 Å². The molecular formula is C15H10F3NO5. The van der Waals surface area contributed by atoms with Gasteiger partial charge in [0.25, 0.3) is 5.69 Å². The third-order valence-electron chi connectivity index (χ3n) is 3.02. The number of hydrogen-bond acceptors (Lipinski definition) is 5. The smallest absolute Gasteiger partial charge is 0.465 e. The number of methoxy groups -OCH3 is 1. The zero-order valence-electron chi connectivity index (χ0n) is 12.2. The summed E-state index contributed by atoms with van der Waals surface area (Å²) >= 11 is 0. The van der Waals surface area contributed by atoms with Crippen molar-refractivity contribution in [3.8, 4) is 16.9 Å². The highest BCUT2D eigenvalue weighted by atomic mass is 19.4. The van der Waals surface area contributed by atoms with E-state index in [0.29, 0.717) is 11.1 Å². The summed E-state index contributed by atoms with van der Waals surface area (Å²) in [5.74, 6) is -1.29. The van der Waals surface area contributed by atoms with Crippen LogP contribution in [0.25, 0.3) is 11.1 Å². The van der Waals surface area contributed by atoms with E-state index < -0.39 is 28.7 Å². The number of hydrogen-bond donors (Lipinski definition) is 0. The highest BCUT2D eigenvalue weighted by molar-refractivity contribution is 5.95. The molecule has 0 aromatic heterocycles. The van der Waals surface area contributed by atoms with Gasteiger partial charge in [0.2, 0.25) is 0 Å². The Morgan fingerprint density at radius 3 is 2.17 bits per heavy atom. The summed E-state index contributed by atoms with van der Waals surface area (Å²) in [7, 11) is 1.09. The van der Waals surface area contributed by atoms with Gasteiger partial charge in [0.1, 0.15) is 11.3 Å². The zero-order chi connectivity index (χ0) is 17.9. The highest BCUT2D eigenvalue weighted by Crippen LogP contribution is 2.29. The van der Waals surface area contributed by atoms with E-state index >= 15 is 0 Å². The van der Waals surface area contributed by atoms with Crippen molar-refractivity contribution in [3.63, 3.8) is 0 Å². The first kappa shape index (κ1) is 17.3. The second-order valence-corrected chi connectivity index (χ2v) is 4.55. The van der Waals surface area contributed by atoms with E-state index in [1.807, 2.05) is 0 Å². The maximum atomic E-state index is 12.1. The van der Waals surface area contributed by atoms with Crippen molar-refractivity contribution in [2.75, 3.05) is 7.11 Å². The summed E-state index contributed by atoms with van der Waals surface area (Å²) in [6.07, 6.45) is -4.80. The van der Waals surface area contributed by atoms with Crippen molar-refractivity contribution in [2.45, 2.75) is 6.36 Å². The number of nitro benzene ring substituents is 1. The predicted octanol–water partition coefficient (Wildman–Crippen LogP) is 3.95. The molecule has 24 heavy (non-hydrogen) atoms. The molecule has 0 heterocycles. The van der Waals surface area contributed by atoms with Gasteiger partial charge in [-0.1, -0.05) is 12.1 Å². The van der Waals surface area contributed by atoms with Crippen LogP contribution in [-0.2, 0) is 4.74 Å².